The molecule has 0 amide bonds. The van der Waals surface area contributed by atoms with E-state index in [1.54, 1.807) is 26.6 Å². The summed E-state index contributed by atoms with van der Waals surface area (Å²) in [6.07, 6.45) is 3.92. The summed E-state index contributed by atoms with van der Waals surface area (Å²) in [5.41, 5.74) is 1.05. The number of rotatable bonds is 5. The predicted octanol–water partition coefficient (Wildman–Crippen LogP) is 2.87. The van der Waals surface area contributed by atoms with Crippen molar-refractivity contribution in [1.29, 1.82) is 0 Å². The zero-order valence-corrected chi connectivity index (χ0v) is 15.1. The number of ether oxygens (including phenoxy) is 2. The molecule has 0 spiro atoms. The molecule has 0 bridgehead atoms. The second kappa shape index (κ2) is 7.40. The van der Waals surface area contributed by atoms with Gasteiger partial charge in [0.15, 0.2) is 11.5 Å². The van der Waals surface area contributed by atoms with E-state index in [1.807, 2.05) is 17.7 Å². The van der Waals surface area contributed by atoms with Crippen molar-refractivity contribution in [3.05, 3.63) is 34.9 Å². The van der Waals surface area contributed by atoms with Crippen molar-refractivity contribution in [2.45, 2.75) is 25.3 Å². The quantitative estimate of drug-likeness (QED) is 0.830. The molecule has 1 aliphatic heterocycles. The lowest BCUT2D eigenvalue weighted by Crippen LogP contribution is -2.33. The van der Waals surface area contributed by atoms with E-state index in [9.17, 15) is 0 Å². The topological polar surface area (TPSA) is 52.4 Å². The van der Waals surface area contributed by atoms with Crippen LogP contribution in [-0.2, 0) is 13.6 Å². The lowest BCUT2D eigenvalue weighted by molar-refractivity contribution is 0.198. The Labute approximate surface area is 147 Å². The molecular weight excluding hydrogens is 328 g/mol. The summed E-state index contributed by atoms with van der Waals surface area (Å²) >= 11 is 6.21. The molecule has 3 rings (SSSR count). The van der Waals surface area contributed by atoms with Gasteiger partial charge in [0.1, 0.15) is 12.2 Å². The van der Waals surface area contributed by atoms with Crippen LogP contribution in [0.15, 0.2) is 18.5 Å². The lowest BCUT2D eigenvalue weighted by atomic mass is 9.95. The first kappa shape index (κ1) is 17.0. The van der Waals surface area contributed by atoms with E-state index in [0.29, 0.717) is 16.7 Å². The Balaban J connectivity index is 1.68. The Bertz CT molecular complexity index is 696. The SMILES string of the molecule is COc1cc(Cl)cc(CN2CCC(c3nncn3C)CC2)c1OC. The molecule has 2 heterocycles. The molecule has 1 saturated heterocycles. The molecule has 130 valence electrons. The predicted molar refractivity (Wildman–Crippen MR) is 92.8 cm³/mol. The second-order valence-corrected chi connectivity index (χ2v) is 6.59. The van der Waals surface area contributed by atoms with E-state index < -0.39 is 0 Å². The highest BCUT2D eigenvalue weighted by molar-refractivity contribution is 6.30. The third-order valence-corrected chi connectivity index (χ3v) is 4.83. The number of aromatic nitrogens is 3. The summed E-state index contributed by atoms with van der Waals surface area (Å²) in [7, 11) is 5.30. The summed E-state index contributed by atoms with van der Waals surface area (Å²) < 4.78 is 12.9. The number of aryl methyl sites for hydroxylation is 1. The first-order valence-electron chi connectivity index (χ1n) is 8.09. The molecule has 6 nitrogen and oxygen atoms in total. The van der Waals surface area contributed by atoms with Crippen LogP contribution in [0.1, 0.15) is 30.1 Å². The number of likely N-dealkylation sites (tertiary alicyclic amines) is 1. The molecular formula is C17H23ClN4O2. The third kappa shape index (κ3) is 3.49. The molecule has 1 aromatic heterocycles. The Hall–Kier alpha value is -1.79. The van der Waals surface area contributed by atoms with Crippen LogP contribution in [0.25, 0.3) is 0 Å². The Morgan fingerprint density at radius 3 is 2.54 bits per heavy atom. The minimum Gasteiger partial charge on any atom is -0.493 e. The van der Waals surface area contributed by atoms with Crippen LogP contribution >= 0.6 is 11.6 Å². The molecule has 1 aliphatic rings. The molecule has 0 unspecified atom stereocenters. The van der Waals surface area contributed by atoms with E-state index >= 15 is 0 Å². The van der Waals surface area contributed by atoms with Gasteiger partial charge in [0, 0.05) is 36.2 Å². The molecule has 2 aromatic rings. The summed E-state index contributed by atoms with van der Waals surface area (Å²) in [6, 6.07) is 3.74. The van der Waals surface area contributed by atoms with Gasteiger partial charge in [0.05, 0.1) is 14.2 Å². The van der Waals surface area contributed by atoms with Crippen LogP contribution < -0.4 is 9.47 Å². The maximum Gasteiger partial charge on any atom is 0.165 e. The minimum atomic E-state index is 0.476. The fourth-order valence-electron chi connectivity index (χ4n) is 3.38. The van der Waals surface area contributed by atoms with Gasteiger partial charge in [-0.3, -0.25) is 4.90 Å². The second-order valence-electron chi connectivity index (χ2n) is 6.15. The van der Waals surface area contributed by atoms with E-state index in [1.165, 1.54) is 0 Å². The highest BCUT2D eigenvalue weighted by Crippen LogP contribution is 2.36. The van der Waals surface area contributed by atoms with Crippen molar-refractivity contribution in [1.82, 2.24) is 19.7 Å². The standard InChI is InChI=1S/C17H23ClN4O2/c1-21-11-19-20-17(21)12-4-6-22(7-5-12)10-13-8-14(18)9-15(23-2)16(13)24-3/h8-9,11-12H,4-7,10H2,1-3H3. The average Bonchev–Trinajstić information content (AvgIpc) is 3.01. The molecule has 0 saturated carbocycles. The van der Waals surface area contributed by atoms with Crippen molar-refractivity contribution < 1.29 is 9.47 Å². The summed E-state index contributed by atoms with van der Waals surface area (Å²) in [4.78, 5) is 2.42. The van der Waals surface area contributed by atoms with Crippen molar-refractivity contribution >= 4 is 11.6 Å². The zero-order valence-electron chi connectivity index (χ0n) is 14.3. The van der Waals surface area contributed by atoms with Crippen molar-refractivity contribution in [2.75, 3.05) is 27.3 Å². The number of hydrogen-bond acceptors (Lipinski definition) is 5. The maximum atomic E-state index is 6.21. The third-order valence-electron chi connectivity index (χ3n) is 4.61. The van der Waals surface area contributed by atoms with E-state index in [-0.39, 0.29) is 0 Å². The fraction of sp³-hybridized carbons (Fsp3) is 0.529. The molecule has 0 atom stereocenters. The van der Waals surface area contributed by atoms with Gasteiger partial charge < -0.3 is 14.0 Å². The highest BCUT2D eigenvalue weighted by Gasteiger charge is 2.25. The van der Waals surface area contributed by atoms with Crippen LogP contribution in [0, 0.1) is 0 Å². The van der Waals surface area contributed by atoms with E-state index in [0.717, 1.165) is 49.6 Å². The molecule has 0 radical (unpaired) electrons. The number of benzene rings is 1. The van der Waals surface area contributed by atoms with Crippen molar-refractivity contribution in [2.24, 2.45) is 7.05 Å². The smallest absolute Gasteiger partial charge is 0.165 e. The van der Waals surface area contributed by atoms with Crippen LogP contribution in [0.4, 0.5) is 0 Å². The van der Waals surface area contributed by atoms with Gasteiger partial charge in [0.2, 0.25) is 0 Å². The van der Waals surface area contributed by atoms with Gasteiger partial charge >= 0.3 is 0 Å². The average molecular weight is 351 g/mol. The van der Waals surface area contributed by atoms with E-state index in [4.69, 9.17) is 21.1 Å². The number of piperidine rings is 1. The molecule has 7 heteroatoms. The molecule has 1 fully saturated rings. The van der Waals surface area contributed by atoms with Gasteiger partial charge in [-0.25, -0.2) is 0 Å². The van der Waals surface area contributed by atoms with Crippen LogP contribution in [0.5, 0.6) is 11.5 Å². The Morgan fingerprint density at radius 2 is 1.96 bits per heavy atom. The highest BCUT2D eigenvalue weighted by atomic mass is 35.5. The number of nitrogens with zero attached hydrogens (tertiary/aromatic N) is 4. The van der Waals surface area contributed by atoms with Crippen molar-refractivity contribution in [3.8, 4) is 11.5 Å². The largest absolute Gasteiger partial charge is 0.493 e. The maximum absolute atomic E-state index is 6.21. The van der Waals surface area contributed by atoms with Crippen LogP contribution in [-0.4, -0.2) is 47.0 Å². The normalized spacial score (nSPS) is 16.3. The zero-order chi connectivity index (χ0) is 17.1. The summed E-state index contributed by atoms with van der Waals surface area (Å²) in [5, 5.41) is 8.90. The number of hydrogen-bond donors (Lipinski definition) is 0. The Kier molecular flexibility index (Phi) is 5.26. The first-order chi connectivity index (χ1) is 11.6. The summed E-state index contributed by atoms with van der Waals surface area (Å²) in [5.74, 6) is 2.99. The number of methoxy groups -OCH3 is 2. The fourth-order valence-corrected chi connectivity index (χ4v) is 3.61. The van der Waals surface area contributed by atoms with Crippen LogP contribution in [0.3, 0.4) is 0 Å². The van der Waals surface area contributed by atoms with Gasteiger partial charge in [0.25, 0.3) is 0 Å². The van der Waals surface area contributed by atoms with Gasteiger partial charge in [-0.05, 0) is 32.0 Å². The molecule has 0 N–H and O–H groups in total. The Morgan fingerprint density at radius 1 is 1.21 bits per heavy atom. The van der Waals surface area contributed by atoms with E-state index in [2.05, 4.69) is 15.1 Å². The minimum absolute atomic E-state index is 0.476. The number of halogens is 1. The molecule has 24 heavy (non-hydrogen) atoms. The molecule has 0 aliphatic carbocycles. The summed E-state index contributed by atoms with van der Waals surface area (Å²) in [6.45, 7) is 2.82. The van der Waals surface area contributed by atoms with Crippen LogP contribution in [0.2, 0.25) is 5.02 Å². The van der Waals surface area contributed by atoms with Gasteiger partial charge in [-0.1, -0.05) is 11.6 Å². The van der Waals surface area contributed by atoms with Gasteiger partial charge in [-0.2, -0.15) is 0 Å². The van der Waals surface area contributed by atoms with Crippen molar-refractivity contribution in [3.63, 3.8) is 0 Å². The lowest BCUT2D eigenvalue weighted by Gasteiger charge is -2.31. The van der Waals surface area contributed by atoms with Gasteiger partial charge in [-0.15, -0.1) is 10.2 Å². The monoisotopic (exact) mass is 350 g/mol. The molecule has 1 aromatic carbocycles. The first-order valence-corrected chi connectivity index (χ1v) is 8.46.